The molecule has 0 aromatic heterocycles. The SMILES string of the molecule is CN1CCN(C(C)(C)I)CC1C(C)(C)C. The molecule has 0 N–H and O–H groups in total. The number of halogens is 1. The standard InChI is InChI=1S/C12H25IN2/c1-11(2,3)10-9-15(12(4,5)13)8-7-14(10)6/h10H,7-9H2,1-6H3. The summed E-state index contributed by atoms with van der Waals surface area (Å²) in [6.45, 7) is 15.2. The molecule has 15 heavy (non-hydrogen) atoms. The molecular weight excluding hydrogens is 299 g/mol. The molecule has 0 aromatic rings. The molecule has 1 unspecified atom stereocenters. The predicted molar refractivity (Wildman–Crippen MR) is 75.5 cm³/mol. The monoisotopic (exact) mass is 324 g/mol. The van der Waals surface area contributed by atoms with E-state index in [0.717, 1.165) is 0 Å². The normalized spacial score (nSPS) is 27.0. The largest absolute Gasteiger partial charge is 0.300 e. The molecule has 0 aromatic carbocycles. The van der Waals surface area contributed by atoms with Crippen LogP contribution in [0.25, 0.3) is 0 Å². The number of hydrogen-bond donors (Lipinski definition) is 0. The first-order chi connectivity index (χ1) is 6.62. The van der Waals surface area contributed by atoms with Gasteiger partial charge in [-0.1, -0.05) is 43.4 Å². The van der Waals surface area contributed by atoms with E-state index in [1.807, 2.05) is 0 Å². The molecule has 1 fully saturated rings. The lowest BCUT2D eigenvalue weighted by molar-refractivity contribution is 0.0167. The fraction of sp³-hybridized carbons (Fsp3) is 1.00. The van der Waals surface area contributed by atoms with E-state index >= 15 is 0 Å². The summed E-state index contributed by atoms with van der Waals surface area (Å²) >= 11 is 2.55. The van der Waals surface area contributed by atoms with Crippen LogP contribution in [0.5, 0.6) is 0 Å². The Morgan fingerprint density at radius 3 is 2.00 bits per heavy atom. The lowest BCUT2D eigenvalue weighted by Crippen LogP contribution is -2.59. The van der Waals surface area contributed by atoms with E-state index in [2.05, 4.69) is 74.1 Å². The van der Waals surface area contributed by atoms with Crippen LogP contribution in [0.3, 0.4) is 0 Å². The van der Waals surface area contributed by atoms with Crippen LogP contribution in [0, 0.1) is 5.41 Å². The second kappa shape index (κ2) is 4.49. The number of nitrogens with zero attached hydrogens (tertiary/aromatic N) is 2. The maximum atomic E-state index is 2.60. The number of piperazine rings is 1. The highest BCUT2D eigenvalue weighted by molar-refractivity contribution is 14.1. The molecule has 0 saturated carbocycles. The lowest BCUT2D eigenvalue weighted by atomic mass is 9.84. The van der Waals surface area contributed by atoms with Crippen LogP contribution in [-0.2, 0) is 0 Å². The summed E-state index contributed by atoms with van der Waals surface area (Å²) in [6.07, 6.45) is 0. The van der Waals surface area contributed by atoms with Crippen LogP contribution in [0.2, 0.25) is 0 Å². The van der Waals surface area contributed by atoms with Crippen molar-refractivity contribution in [1.29, 1.82) is 0 Å². The number of hydrogen-bond acceptors (Lipinski definition) is 2. The summed E-state index contributed by atoms with van der Waals surface area (Å²) < 4.78 is 0.280. The van der Waals surface area contributed by atoms with Crippen LogP contribution in [0.4, 0.5) is 0 Å². The third-order valence-electron chi connectivity index (χ3n) is 3.40. The Kier molecular flexibility index (Phi) is 4.11. The van der Waals surface area contributed by atoms with E-state index in [9.17, 15) is 0 Å². The average Bonchev–Trinajstić information content (AvgIpc) is 2.00. The zero-order valence-electron chi connectivity index (χ0n) is 11.0. The van der Waals surface area contributed by atoms with Gasteiger partial charge in [-0.25, -0.2) is 0 Å². The Balaban J connectivity index is 2.73. The zero-order valence-corrected chi connectivity index (χ0v) is 13.1. The predicted octanol–water partition coefficient (Wildman–Crippen LogP) is 2.82. The number of alkyl halides is 1. The maximum Gasteiger partial charge on any atom is 0.0674 e. The summed E-state index contributed by atoms with van der Waals surface area (Å²) in [4.78, 5) is 5.11. The molecule has 1 aliphatic heterocycles. The van der Waals surface area contributed by atoms with Crippen molar-refractivity contribution < 1.29 is 0 Å². The van der Waals surface area contributed by atoms with Gasteiger partial charge in [0.15, 0.2) is 0 Å². The van der Waals surface area contributed by atoms with Crippen molar-refractivity contribution in [2.45, 2.75) is 44.2 Å². The molecule has 1 aliphatic rings. The topological polar surface area (TPSA) is 6.48 Å². The number of rotatable bonds is 1. The van der Waals surface area contributed by atoms with Gasteiger partial charge < -0.3 is 4.90 Å². The smallest absolute Gasteiger partial charge is 0.0674 e. The fourth-order valence-corrected chi connectivity index (χ4v) is 2.73. The highest BCUT2D eigenvalue weighted by atomic mass is 127. The summed E-state index contributed by atoms with van der Waals surface area (Å²) in [5, 5.41) is 0. The highest BCUT2D eigenvalue weighted by Gasteiger charge is 2.37. The second-order valence-electron chi connectivity index (χ2n) is 6.22. The van der Waals surface area contributed by atoms with Gasteiger partial charge in [-0.3, -0.25) is 4.90 Å². The molecule has 0 bridgehead atoms. The van der Waals surface area contributed by atoms with Crippen molar-refractivity contribution in [3.8, 4) is 0 Å². The van der Waals surface area contributed by atoms with Gasteiger partial charge in [0, 0.05) is 25.7 Å². The van der Waals surface area contributed by atoms with Crippen molar-refractivity contribution >= 4 is 22.6 Å². The summed E-state index contributed by atoms with van der Waals surface area (Å²) in [6, 6.07) is 0.667. The molecule has 0 amide bonds. The minimum atomic E-state index is 0.280. The third-order valence-corrected chi connectivity index (χ3v) is 4.08. The van der Waals surface area contributed by atoms with E-state index in [1.54, 1.807) is 0 Å². The Hall–Kier alpha value is 0.650. The molecule has 0 spiro atoms. The van der Waals surface area contributed by atoms with Gasteiger partial charge in [0.25, 0.3) is 0 Å². The van der Waals surface area contributed by atoms with Crippen molar-refractivity contribution in [3.05, 3.63) is 0 Å². The van der Waals surface area contributed by atoms with Crippen molar-refractivity contribution in [1.82, 2.24) is 9.80 Å². The van der Waals surface area contributed by atoms with E-state index < -0.39 is 0 Å². The van der Waals surface area contributed by atoms with Crippen molar-refractivity contribution in [2.24, 2.45) is 5.41 Å². The van der Waals surface area contributed by atoms with Gasteiger partial charge in [-0.2, -0.15) is 0 Å². The molecule has 1 atom stereocenters. The van der Waals surface area contributed by atoms with Crippen LogP contribution in [0.1, 0.15) is 34.6 Å². The molecular formula is C12H25IN2. The molecule has 2 nitrogen and oxygen atoms in total. The molecule has 0 radical (unpaired) electrons. The van der Waals surface area contributed by atoms with Crippen LogP contribution in [-0.4, -0.2) is 46.1 Å². The van der Waals surface area contributed by atoms with Gasteiger partial charge in [-0.15, -0.1) is 0 Å². The van der Waals surface area contributed by atoms with Crippen LogP contribution in [0.15, 0.2) is 0 Å². The lowest BCUT2D eigenvalue weighted by Gasteiger charge is -2.49. The van der Waals surface area contributed by atoms with E-state index in [0.29, 0.717) is 11.5 Å². The molecule has 90 valence electrons. The quantitative estimate of drug-likeness (QED) is 0.416. The van der Waals surface area contributed by atoms with Gasteiger partial charge in [0.05, 0.1) is 3.55 Å². The van der Waals surface area contributed by atoms with E-state index in [-0.39, 0.29) is 3.55 Å². The fourth-order valence-electron chi connectivity index (χ4n) is 2.29. The highest BCUT2D eigenvalue weighted by Crippen LogP contribution is 2.31. The van der Waals surface area contributed by atoms with Crippen LogP contribution < -0.4 is 0 Å². The second-order valence-corrected chi connectivity index (χ2v) is 8.86. The molecule has 1 saturated heterocycles. The zero-order chi connectivity index (χ0) is 11.9. The first-order valence-corrected chi connectivity index (χ1v) is 6.84. The maximum absolute atomic E-state index is 2.60. The van der Waals surface area contributed by atoms with Crippen molar-refractivity contribution in [3.63, 3.8) is 0 Å². The molecule has 3 heteroatoms. The van der Waals surface area contributed by atoms with Gasteiger partial charge in [0.1, 0.15) is 0 Å². The van der Waals surface area contributed by atoms with E-state index in [4.69, 9.17) is 0 Å². The Morgan fingerprint density at radius 2 is 1.60 bits per heavy atom. The minimum absolute atomic E-state index is 0.280. The molecule has 1 heterocycles. The Bertz CT molecular complexity index is 215. The van der Waals surface area contributed by atoms with E-state index in [1.165, 1.54) is 19.6 Å². The van der Waals surface area contributed by atoms with Gasteiger partial charge in [-0.05, 0) is 26.3 Å². The van der Waals surface area contributed by atoms with Gasteiger partial charge >= 0.3 is 0 Å². The molecule has 0 aliphatic carbocycles. The third kappa shape index (κ3) is 3.56. The van der Waals surface area contributed by atoms with Crippen molar-refractivity contribution in [2.75, 3.05) is 26.7 Å². The summed E-state index contributed by atoms with van der Waals surface area (Å²) in [5.41, 5.74) is 0.370. The Morgan fingerprint density at radius 1 is 1.07 bits per heavy atom. The van der Waals surface area contributed by atoms with Gasteiger partial charge in [0.2, 0.25) is 0 Å². The summed E-state index contributed by atoms with van der Waals surface area (Å²) in [7, 11) is 2.26. The first-order valence-electron chi connectivity index (χ1n) is 5.76. The first kappa shape index (κ1) is 13.7. The summed E-state index contributed by atoms with van der Waals surface area (Å²) in [5.74, 6) is 0. The number of likely N-dealkylation sites (N-methyl/N-ethyl adjacent to an activating group) is 1. The Labute approximate surface area is 109 Å². The average molecular weight is 324 g/mol. The van der Waals surface area contributed by atoms with Crippen LogP contribution >= 0.6 is 22.6 Å². The molecule has 1 rings (SSSR count). The minimum Gasteiger partial charge on any atom is -0.300 e.